The van der Waals surface area contributed by atoms with Crippen molar-refractivity contribution in [2.24, 2.45) is 0 Å². The minimum atomic E-state index is -3.59. The number of sulfonamides is 1. The number of rotatable bonds is 6. The molecule has 5 nitrogen and oxygen atoms in total. The van der Waals surface area contributed by atoms with Gasteiger partial charge >= 0.3 is 0 Å². The second-order valence-electron chi connectivity index (χ2n) is 7.17. The fraction of sp³-hybridized carbons (Fsp3) is 0.316. The molecule has 0 aliphatic heterocycles. The van der Waals surface area contributed by atoms with E-state index in [0.29, 0.717) is 10.9 Å². The number of carbonyl (C=O) groups is 1. The highest BCUT2D eigenvalue weighted by atomic mass is 79.9. The molecule has 2 aromatic rings. The van der Waals surface area contributed by atoms with E-state index < -0.39 is 21.4 Å². The number of halogens is 2. The smallest absolute Gasteiger partial charge is 0.241 e. The van der Waals surface area contributed by atoms with Crippen molar-refractivity contribution in [2.45, 2.75) is 44.0 Å². The molecule has 8 heteroatoms. The lowest BCUT2D eigenvalue weighted by Crippen LogP contribution is -2.40. The second-order valence-corrected chi connectivity index (χ2v) is 9.77. The van der Waals surface area contributed by atoms with Gasteiger partial charge in [0.05, 0.1) is 10.6 Å². The van der Waals surface area contributed by atoms with Crippen molar-refractivity contribution in [1.82, 2.24) is 4.72 Å². The molecule has 0 aromatic heterocycles. The van der Waals surface area contributed by atoms with Gasteiger partial charge in [-0.05, 0) is 63.1 Å². The van der Waals surface area contributed by atoms with Crippen LogP contribution in [0.2, 0.25) is 0 Å². The molecule has 146 valence electrons. The lowest BCUT2D eigenvalue weighted by molar-refractivity contribution is -0.116. The van der Waals surface area contributed by atoms with Gasteiger partial charge in [0.15, 0.2) is 0 Å². The Morgan fingerprint density at radius 3 is 2.30 bits per heavy atom. The van der Waals surface area contributed by atoms with E-state index in [0.717, 1.165) is 5.56 Å². The predicted octanol–water partition coefficient (Wildman–Crippen LogP) is 4.24. The summed E-state index contributed by atoms with van der Waals surface area (Å²) in [6, 6.07) is 10.8. The highest BCUT2D eigenvalue weighted by Crippen LogP contribution is 2.20. The molecule has 0 unspecified atom stereocenters. The average Bonchev–Trinajstić information content (AvgIpc) is 2.54. The van der Waals surface area contributed by atoms with Gasteiger partial charge in [0.1, 0.15) is 5.82 Å². The van der Waals surface area contributed by atoms with E-state index in [1.165, 1.54) is 24.3 Å². The normalized spacial score (nSPS) is 12.0. The number of aryl methyl sites for hydroxylation is 1. The van der Waals surface area contributed by atoms with Gasteiger partial charge in [-0.25, -0.2) is 17.5 Å². The number of amides is 1. The third kappa shape index (κ3) is 6.71. The SMILES string of the molecule is CC(C)(C)NS(=O)(=O)c1ccc(CCC(=O)Nc2ccc(Br)cc2F)cc1. The molecule has 0 spiro atoms. The highest BCUT2D eigenvalue weighted by Gasteiger charge is 2.21. The van der Waals surface area contributed by atoms with Crippen LogP contribution in [-0.4, -0.2) is 19.9 Å². The fourth-order valence-corrected chi connectivity index (χ4v) is 4.11. The van der Waals surface area contributed by atoms with Gasteiger partial charge in [-0.2, -0.15) is 0 Å². The summed E-state index contributed by atoms with van der Waals surface area (Å²) in [5.74, 6) is -0.832. The molecule has 0 fully saturated rings. The molecule has 0 heterocycles. The quantitative estimate of drug-likeness (QED) is 0.682. The molecule has 2 rings (SSSR count). The number of nitrogens with one attached hydrogen (secondary N) is 2. The number of benzene rings is 2. The number of carbonyl (C=O) groups excluding carboxylic acids is 1. The zero-order valence-corrected chi connectivity index (χ0v) is 17.7. The van der Waals surface area contributed by atoms with Crippen LogP contribution in [0, 0.1) is 5.82 Å². The van der Waals surface area contributed by atoms with Gasteiger partial charge in [0, 0.05) is 16.4 Å². The van der Waals surface area contributed by atoms with Gasteiger partial charge in [0.2, 0.25) is 15.9 Å². The van der Waals surface area contributed by atoms with Crippen LogP contribution in [0.1, 0.15) is 32.8 Å². The number of hydrogen-bond acceptors (Lipinski definition) is 3. The molecular weight excluding hydrogens is 435 g/mol. The molecule has 2 aromatic carbocycles. The van der Waals surface area contributed by atoms with E-state index in [9.17, 15) is 17.6 Å². The van der Waals surface area contributed by atoms with Crippen LogP contribution in [0.4, 0.5) is 10.1 Å². The van der Waals surface area contributed by atoms with Crippen molar-refractivity contribution in [3.05, 3.63) is 58.3 Å². The van der Waals surface area contributed by atoms with Crippen LogP contribution in [0.15, 0.2) is 51.8 Å². The summed E-state index contributed by atoms with van der Waals surface area (Å²) in [7, 11) is -3.59. The summed E-state index contributed by atoms with van der Waals surface area (Å²) < 4.78 is 41.5. The molecule has 0 saturated heterocycles. The predicted molar refractivity (Wildman–Crippen MR) is 108 cm³/mol. The maximum absolute atomic E-state index is 13.7. The van der Waals surface area contributed by atoms with Crippen LogP contribution in [0.5, 0.6) is 0 Å². The summed E-state index contributed by atoms with van der Waals surface area (Å²) in [5, 5.41) is 2.53. The Balaban J connectivity index is 1.96. The molecule has 27 heavy (non-hydrogen) atoms. The molecule has 0 radical (unpaired) electrons. The third-order valence-corrected chi connectivity index (χ3v) is 5.79. The van der Waals surface area contributed by atoms with E-state index in [1.807, 2.05) is 0 Å². The molecule has 1 amide bonds. The first-order chi connectivity index (χ1) is 12.5. The maximum Gasteiger partial charge on any atom is 0.241 e. The van der Waals surface area contributed by atoms with Gasteiger partial charge in [-0.15, -0.1) is 0 Å². The fourth-order valence-electron chi connectivity index (χ4n) is 2.36. The Morgan fingerprint density at radius 2 is 1.74 bits per heavy atom. The van der Waals surface area contributed by atoms with Crippen LogP contribution in [-0.2, 0) is 21.2 Å². The van der Waals surface area contributed by atoms with Crippen molar-refractivity contribution < 1.29 is 17.6 Å². The maximum atomic E-state index is 13.7. The Labute approximate surface area is 167 Å². The van der Waals surface area contributed by atoms with Gasteiger partial charge in [-0.1, -0.05) is 28.1 Å². The number of hydrogen-bond donors (Lipinski definition) is 2. The number of anilines is 1. The standard InChI is InChI=1S/C19H22BrFN2O3S/c1-19(2,3)23-27(25,26)15-8-4-13(5-9-15)6-11-18(24)22-17-10-7-14(20)12-16(17)21/h4-5,7-10,12,23H,6,11H2,1-3H3,(H,22,24). The molecule has 0 bridgehead atoms. The van der Waals surface area contributed by atoms with E-state index in [-0.39, 0.29) is 22.9 Å². The summed E-state index contributed by atoms with van der Waals surface area (Å²) in [4.78, 5) is 12.2. The van der Waals surface area contributed by atoms with Crippen molar-refractivity contribution in [3.63, 3.8) is 0 Å². The molecular formula is C19H22BrFN2O3S. The van der Waals surface area contributed by atoms with Crippen molar-refractivity contribution in [3.8, 4) is 0 Å². The van der Waals surface area contributed by atoms with Crippen LogP contribution < -0.4 is 10.0 Å². The van der Waals surface area contributed by atoms with Crippen molar-refractivity contribution in [2.75, 3.05) is 5.32 Å². The first kappa shape index (κ1) is 21.5. The molecule has 0 saturated carbocycles. The summed E-state index contributed by atoms with van der Waals surface area (Å²) >= 11 is 3.16. The average molecular weight is 457 g/mol. The van der Waals surface area contributed by atoms with Gasteiger partial charge in [-0.3, -0.25) is 4.79 Å². The summed E-state index contributed by atoms with van der Waals surface area (Å²) in [5.41, 5.74) is 0.367. The van der Waals surface area contributed by atoms with Crippen LogP contribution in [0.3, 0.4) is 0 Å². The molecule has 2 N–H and O–H groups in total. The molecule has 0 aliphatic rings. The Morgan fingerprint density at radius 1 is 1.11 bits per heavy atom. The summed E-state index contributed by atoms with van der Waals surface area (Å²) in [6.45, 7) is 5.31. The lowest BCUT2D eigenvalue weighted by atomic mass is 10.1. The highest BCUT2D eigenvalue weighted by molar-refractivity contribution is 9.10. The summed E-state index contributed by atoms with van der Waals surface area (Å²) in [6.07, 6.45) is 0.568. The Kier molecular flexibility index (Phi) is 6.77. The largest absolute Gasteiger partial charge is 0.324 e. The van der Waals surface area contributed by atoms with E-state index in [4.69, 9.17) is 0 Å². The van der Waals surface area contributed by atoms with E-state index in [1.54, 1.807) is 39.0 Å². The zero-order valence-electron chi connectivity index (χ0n) is 15.3. The Hall–Kier alpha value is -1.77. The minimum Gasteiger partial charge on any atom is -0.324 e. The van der Waals surface area contributed by atoms with Gasteiger partial charge in [0.25, 0.3) is 0 Å². The van der Waals surface area contributed by atoms with Crippen LogP contribution in [0.25, 0.3) is 0 Å². The first-order valence-corrected chi connectivity index (χ1v) is 10.6. The lowest BCUT2D eigenvalue weighted by Gasteiger charge is -2.20. The van der Waals surface area contributed by atoms with E-state index >= 15 is 0 Å². The second kappa shape index (κ2) is 8.50. The van der Waals surface area contributed by atoms with Crippen molar-refractivity contribution >= 4 is 37.5 Å². The topological polar surface area (TPSA) is 75.3 Å². The first-order valence-electron chi connectivity index (χ1n) is 8.34. The monoisotopic (exact) mass is 456 g/mol. The minimum absolute atomic E-state index is 0.123. The van der Waals surface area contributed by atoms with Gasteiger partial charge < -0.3 is 5.32 Å². The molecule has 0 aliphatic carbocycles. The van der Waals surface area contributed by atoms with E-state index in [2.05, 4.69) is 26.0 Å². The van der Waals surface area contributed by atoms with Crippen LogP contribution >= 0.6 is 15.9 Å². The Bertz CT molecular complexity index is 923. The van der Waals surface area contributed by atoms with Crippen molar-refractivity contribution in [1.29, 1.82) is 0 Å². The third-order valence-electron chi connectivity index (χ3n) is 3.52. The molecule has 0 atom stereocenters. The zero-order chi connectivity index (χ0) is 20.2.